The van der Waals surface area contributed by atoms with Crippen molar-refractivity contribution in [2.75, 3.05) is 19.8 Å². The maximum Gasteiger partial charge on any atom is 0.372 e. The molecule has 0 aliphatic rings. The van der Waals surface area contributed by atoms with E-state index in [-0.39, 0.29) is 19.0 Å². The molecule has 0 atom stereocenters. The molecule has 0 aromatic rings. The van der Waals surface area contributed by atoms with Gasteiger partial charge in [0.1, 0.15) is 6.61 Å². The van der Waals surface area contributed by atoms with Crippen molar-refractivity contribution in [3.8, 4) is 0 Å². The summed E-state index contributed by atoms with van der Waals surface area (Å²) in [6.07, 6.45) is 4.24. The van der Waals surface area contributed by atoms with Crippen molar-refractivity contribution in [3.63, 3.8) is 0 Å². The second kappa shape index (κ2) is 9.52. The molecule has 88 valence electrons. The normalized spacial score (nSPS) is 9.73. The van der Waals surface area contributed by atoms with E-state index in [1.54, 1.807) is 0 Å². The highest BCUT2D eigenvalue weighted by Gasteiger charge is 2.08. The van der Waals surface area contributed by atoms with Crippen LogP contribution in [0.3, 0.4) is 0 Å². The maximum atomic E-state index is 11.2. The topological polar surface area (TPSA) is 55.8 Å². The van der Waals surface area contributed by atoms with Crippen LogP contribution in [0.15, 0.2) is 12.3 Å². The van der Waals surface area contributed by atoms with E-state index in [0.717, 1.165) is 25.7 Å². The van der Waals surface area contributed by atoms with Crippen LogP contribution in [0.1, 0.15) is 32.6 Å². The quantitative estimate of drug-likeness (QED) is 0.275. The fourth-order valence-corrected chi connectivity index (χ4v) is 1.00. The fraction of sp³-hybridized carbons (Fsp3) is 0.727. The predicted octanol–water partition coefficient (Wildman–Crippen LogP) is 1.63. The number of carbonyl (C=O) groups is 1. The lowest BCUT2D eigenvalue weighted by molar-refractivity contribution is -0.143. The van der Waals surface area contributed by atoms with E-state index >= 15 is 0 Å². The summed E-state index contributed by atoms with van der Waals surface area (Å²) in [5, 5.41) is 8.45. The van der Waals surface area contributed by atoms with Gasteiger partial charge in [0.05, 0.1) is 13.2 Å². The van der Waals surface area contributed by atoms with Crippen LogP contribution in [0.25, 0.3) is 0 Å². The minimum absolute atomic E-state index is 0.0421. The van der Waals surface area contributed by atoms with Crippen LogP contribution in [-0.2, 0) is 14.3 Å². The fourth-order valence-electron chi connectivity index (χ4n) is 1.00. The Bertz CT molecular complexity index is 189. The monoisotopic (exact) mass is 216 g/mol. The van der Waals surface area contributed by atoms with Gasteiger partial charge in [0.25, 0.3) is 0 Å². The van der Waals surface area contributed by atoms with Crippen LogP contribution < -0.4 is 0 Å². The molecule has 0 fully saturated rings. The van der Waals surface area contributed by atoms with Crippen molar-refractivity contribution < 1.29 is 19.4 Å². The molecule has 0 aliphatic carbocycles. The predicted molar refractivity (Wildman–Crippen MR) is 57.3 cm³/mol. The highest BCUT2D eigenvalue weighted by molar-refractivity contribution is 5.85. The molecule has 0 radical (unpaired) electrons. The van der Waals surface area contributed by atoms with Gasteiger partial charge in [-0.25, -0.2) is 4.79 Å². The van der Waals surface area contributed by atoms with E-state index in [0.29, 0.717) is 6.61 Å². The number of hydrogen-bond donors (Lipinski definition) is 1. The van der Waals surface area contributed by atoms with Crippen LogP contribution >= 0.6 is 0 Å². The van der Waals surface area contributed by atoms with Gasteiger partial charge in [-0.15, -0.1) is 0 Å². The largest absolute Gasteiger partial charge is 0.485 e. The molecule has 15 heavy (non-hydrogen) atoms. The van der Waals surface area contributed by atoms with Gasteiger partial charge in [-0.2, -0.15) is 0 Å². The van der Waals surface area contributed by atoms with Crippen molar-refractivity contribution >= 4 is 5.97 Å². The van der Waals surface area contributed by atoms with Gasteiger partial charge in [0.2, 0.25) is 0 Å². The van der Waals surface area contributed by atoms with Gasteiger partial charge in [-0.1, -0.05) is 26.2 Å². The van der Waals surface area contributed by atoms with Crippen LogP contribution in [0.2, 0.25) is 0 Å². The molecule has 1 N–H and O–H groups in total. The molecule has 0 unspecified atom stereocenters. The number of aliphatic hydroxyl groups excluding tert-OH is 1. The zero-order chi connectivity index (χ0) is 11.5. The van der Waals surface area contributed by atoms with Crippen molar-refractivity contribution in [3.05, 3.63) is 12.3 Å². The second-order valence-electron chi connectivity index (χ2n) is 3.19. The first-order valence-electron chi connectivity index (χ1n) is 5.32. The molecule has 0 heterocycles. The third-order valence-electron chi connectivity index (χ3n) is 1.83. The summed E-state index contributed by atoms with van der Waals surface area (Å²) in [6.45, 7) is 5.86. The Kier molecular flexibility index (Phi) is 8.87. The lowest BCUT2D eigenvalue weighted by Crippen LogP contribution is -2.12. The summed E-state index contributed by atoms with van der Waals surface area (Å²) in [5.41, 5.74) is 0. The Balaban J connectivity index is 3.43. The van der Waals surface area contributed by atoms with Crippen molar-refractivity contribution in [2.45, 2.75) is 32.6 Å². The first-order valence-corrected chi connectivity index (χ1v) is 5.32. The Labute approximate surface area is 90.9 Å². The Morgan fingerprint density at radius 3 is 2.53 bits per heavy atom. The van der Waals surface area contributed by atoms with E-state index in [9.17, 15) is 4.79 Å². The zero-order valence-electron chi connectivity index (χ0n) is 9.33. The highest BCUT2D eigenvalue weighted by Crippen LogP contribution is 2.02. The minimum Gasteiger partial charge on any atom is -0.485 e. The molecular weight excluding hydrogens is 196 g/mol. The SMILES string of the molecule is C=C(OCCO)C(=O)OCCCCCC. The first-order chi connectivity index (χ1) is 7.22. The van der Waals surface area contributed by atoms with Crippen LogP contribution in [-0.4, -0.2) is 30.9 Å². The minimum atomic E-state index is -0.542. The smallest absolute Gasteiger partial charge is 0.372 e. The van der Waals surface area contributed by atoms with Crippen molar-refractivity contribution in [1.82, 2.24) is 0 Å². The highest BCUT2D eigenvalue weighted by atomic mass is 16.6. The molecule has 0 amide bonds. The third kappa shape index (κ3) is 8.00. The second-order valence-corrected chi connectivity index (χ2v) is 3.19. The summed E-state index contributed by atoms with van der Waals surface area (Å²) in [7, 11) is 0. The average molecular weight is 216 g/mol. The number of rotatable bonds is 9. The summed E-state index contributed by atoms with van der Waals surface area (Å²) < 4.78 is 9.71. The third-order valence-corrected chi connectivity index (χ3v) is 1.83. The van der Waals surface area contributed by atoms with Crippen molar-refractivity contribution in [2.24, 2.45) is 0 Å². The zero-order valence-corrected chi connectivity index (χ0v) is 9.33. The van der Waals surface area contributed by atoms with Crippen LogP contribution in [0, 0.1) is 0 Å². The molecule has 0 aromatic heterocycles. The number of aliphatic hydroxyl groups is 1. The molecule has 4 heteroatoms. The summed E-state index contributed by atoms with van der Waals surface area (Å²) in [6, 6.07) is 0. The molecule has 0 bridgehead atoms. The van der Waals surface area contributed by atoms with Gasteiger partial charge in [-0.05, 0) is 13.0 Å². The number of ether oxygens (including phenoxy) is 2. The van der Waals surface area contributed by atoms with Gasteiger partial charge < -0.3 is 14.6 Å². The van der Waals surface area contributed by atoms with Crippen LogP contribution in [0.4, 0.5) is 0 Å². The van der Waals surface area contributed by atoms with E-state index in [1.165, 1.54) is 0 Å². The van der Waals surface area contributed by atoms with E-state index in [1.807, 2.05) is 0 Å². The number of unbranched alkanes of at least 4 members (excludes halogenated alkanes) is 3. The summed E-state index contributed by atoms with van der Waals surface area (Å²) >= 11 is 0. The van der Waals surface area contributed by atoms with Gasteiger partial charge in [-0.3, -0.25) is 0 Å². The Morgan fingerprint density at radius 2 is 1.93 bits per heavy atom. The molecular formula is C11H20O4. The molecule has 0 rings (SSSR count). The molecule has 0 aliphatic heterocycles. The molecule has 4 nitrogen and oxygen atoms in total. The lowest BCUT2D eigenvalue weighted by Gasteiger charge is -2.07. The maximum absolute atomic E-state index is 11.2. The van der Waals surface area contributed by atoms with Crippen molar-refractivity contribution in [1.29, 1.82) is 0 Å². The summed E-state index contributed by atoms with van der Waals surface area (Å²) in [5.74, 6) is -0.584. The molecule has 0 spiro atoms. The van der Waals surface area contributed by atoms with Gasteiger partial charge >= 0.3 is 5.97 Å². The van der Waals surface area contributed by atoms with E-state index in [4.69, 9.17) is 14.6 Å². The lowest BCUT2D eigenvalue weighted by atomic mass is 10.2. The Morgan fingerprint density at radius 1 is 1.20 bits per heavy atom. The van der Waals surface area contributed by atoms with Gasteiger partial charge in [0.15, 0.2) is 5.76 Å². The molecule has 0 aromatic carbocycles. The van der Waals surface area contributed by atoms with E-state index in [2.05, 4.69) is 13.5 Å². The Hall–Kier alpha value is -1.03. The number of esters is 1. The number of hydrogen-bond acceptors (Lipinski definition) is 4. The van der Waals surface area contributed by atoms with Gasteiger partial charge in [0, 0.05) is 0 Å². The van der Waals surface area contributed by atoms with E-state index < -0.39 is 5.97 Å². The first kappa shape index (κ1) is 14.0. The summed E-state index contributed by atoms with van der Waals surface area (Å²) in [4.78, 5) is 11.2. The van der Waals surface area contributed by atoms with Crippen LogP contribution in [0.5, 0.6) is 0 Å². The number of carbonyl (C=O) groups excluding carboxylic acids is 1. The average Bonchev–Trinajstić information content (AvgIpc) is 2.25. The standard InChI is InChI=1S/C11H20O4/c1-3-4-5-6-8-15-11(13)10(2)14-9-7-12/h12H,2-9H2,1H3. The molecule has 0 saturated heterocycles. The molecule has 0 saturated carbocycles.